The lowest BCUT2D eigenvalue weighted by Gasteiger charge is -2.24. The summed E-state index contributed by atoms with van der Waals surface area (Å²) in [4.78, 5) is 0. The highest BCUT2D eigenvalue weighted by atomic mass is 32.2. The molecule has 1 fully saturated rings. The molecule has 1 atom stereocenters. The molecule has 0 amide bonds. The van der Waals surface area contributed by atoms with Crippen molar-refractivity contribution in [2.24, 2.45) is 0 Å². The molecule has 6 nitrogen and oxygen atoms in total. The summed E-state index contributed by atoms with van der Waals surface area (Å²) in [6, 6.07) is 6.79. The van der Waals surface area contributed by atoms with Gasteiger partial charge in [-0.2, -0.15) is 4.31 Å². The topological polar surface area (TPSA) is 83.6 Å². The van der Waals surface area contributed by atoms with Crippen molar-refractivity contribution in [3.05, 3.63) is 53.7 Å². The molecule has 1 aromatic heterocycles. The molecule has 2 aromatic rings. The third-order valence-corrected chi connectivity index (χ3v) is 5.56. The van der Waals surface area contributed by atoms with E-state index in [1.165, 1.54) is 40.9 Å². The van der Waals surface area contributed by atoms with E-state index in [9.17, 15) is 17.9 Å². The lowest BCUT2D eigenvalue weighted by atomic mass is 10.1. The molecule has 0 bridgehead atoms. The molecule has 1 aromatic carbocycles. The first-order valence-electron chi connectivity index (χ1n) is 7.28. The minimum Gasteiger partial charge on any atom is -0.387 e. The Labute approximate surface area is 133 Å². The Hall–Kier alpha value is -1.77. The molecular weight excluding hydrogens is 323 g/mol. The highest BCUT2D eigenvalue weighted by Gasteiger charge is 2.38. The number of hydrogen-bond acceptors (Lipinski definition) is 5. The van der Waals surface area contributed by atoms with E-state index < -0.39 is 21.9 Å². The molecule has 3 rings (SSSR count). The molecule has 0 aliphatic heterocycles. The molecule has 1 aliphatic carbocycles. The zero-order chi connectivity index (χ0) is 16.4. The Morgan fingerprint density at radius 2 is 2.00 bits per heavy atom. The summed E-state index contributed by atoms with van der Waals surface area (Å²) < 4.78 is 44.1. The van der Waals surface area contributed by atoms with E-state index in [1.807, 2.05) is 0 Å². The SMILES string of the molecule is O=S(=O)(Cc1ccon1)N(C[C@@H](O)c1ccc(F)cc1)C1CC1. The van der Waals surface area contributed by atoms with Crippen LogP contribution in [0.4, 0.5) is 4.39 Å². The summed E-state index contributed by atoms with van der Waals surface area (Å²) in [5, 5.41) is 13.9. The summed E-state index contributed by atoms with van der Waals surface area (Å²) in [7, 11) is -3.62. The van der Waals surface area contributed by atoms with E-state index in [1.54, 1.807) is 0 Å². The number of rotatable bonds is 7. The van der Waals surface area contributed by atoms with Gasteiger partial charge in [0.2, 0.25) is 10.0 Å². The Balaban J connectivity index is 1.75. The van der Waals surface area contributed by atoms with Crippen LogP contribution in [-0.4, -0.2) is 35.6 Å². The molecule has 124 valence electrons. The molecule has 0 saturated heterocycles. The molecule has 1 aliphatic rings. The molecule has 1 heterocycles. The minimum absolute atomic E-state index is 0.0590. The quantitative estimate of drug-likeness (QED) is 0.831. The van der Waals surface area contributed by atoms with Gasteiger partial charge in [-0.25, -0.2) is 12.8 Å². The number of sulfonamides is 1. The van der Waals surface area contributed by atoms with Gasteiger partial charge in [0.1, 0.15) is 17.8 Å². The van der Waals surface area contributed by atoms with E-state index in [4.69, 9.17) is 0 Å². The highest BCUT2D eigenvalue weighted by molar-refractivity contribution is 7.88. The summed E-state index contributed by atoms with van der Waals surface area (Å²) in [5.74, 6) is -0.672. The van der Waals surface area contributed by atoms with Crippen LogP contribution < -0.4 is 0 Å². The average molecular weight is 340 g/mol. The van der Waals surface area contributed by atoms with Crippen LogP contribution >= 0.6 is 0 Å². The van der Waals surface area contributed by atoms with Gasteiger partial charge in [0.25, 0.3) is 0 Å². The van der Waals surface area contributed by atoms with Crippen LogP contribution in [0.15, 0.2) is 41.1 Å². The van der Waals surface area contributed by atoms with Crippen molar-refractivity contribution < 1.29 is 22.4 Å². The van der Waals surface area contributed by atoms with Gasteiger partial charge in [0, 0.05) is 18.7 Å². The standard InChI is InChI=1S/C15H17FN2O4S/c16-12-3-1-11(2-4-12)15(19)9-18(14-5-6-14)23(20,21)10-13-7-8-22-17-13/h1-4,7-8,14-15,19H,5-6,9-10H2/t15-/m1/s1. The lowest BCUT2D eigenvalue weighted by Crippen LogP contribution is -2.37. The molecule has 23 heavy (non-hydrogen) atoms. The van der Waals surface area contributed by atoms with Gasteiger partial charge in [-0.1, -0.05) is 17.3 Å². The first-order chi connectivity index (χ1) is 11.0. The van der Waals surface area contributed by atoms with Crippen LogP contribution in [0.25, 0.3) is 0 Å². The van der Waals surface area contributed by atoms with Gasteiger partial charge in [-0.15, -0.1) is 0 Å². The van der Waals surface area contributed by atoms with Gasteiger partial charge in [0.15, 0.2) is 0 Å². The maximum atomic E-state index is 12.9. The maximum Gasteiger partial charge on any atom is 0.220 e. The summed E-state index contributed by atoms with van der Waals surface area (Å²) in [6.45, 7) is -0.0590. The highest BCUT2D eigenvalue weighted by Crippen LogP contribution is 2.32. The van der Waals surface area contributed by atoms with Crippen LogP contribution in [0.2, 0.25) is 0 Å². The summed E-state index contributed by atoms with van der Waals surface area (Å²) in [6.07, 6.45) is 1.85. The van der Waals surface area contributed by atoms with Gasteiger partial charge >= 0.3 is 0 Å². The van der Waals surface area contributed by atoms with Crippen LogP contribution in [-0.2, 0) is 15.8 Å². The first-order valence-corrected chi connectivity index (χ1v) is 8.89. The van der Waals surface area contributed by atoms with Gasteiger partial charge in [-0.3, -0.25) is 0 Å². The van der Waals surface area contributed by atoms with E-state index in [0.717, 1.165) is 12.8 Å². The van der Waals surface area contributed by atoms with Crippen LogP contribution in [0.5, 0.6) is 0 Å². The minimum atomic E-state index is -3.62. The number of halogens is 1. The molecule has 0 spiro atoms. The van der Waals surface area contributed by atoms with Crippen molar-refractivity contribution in [1.29, 1.82) is 0 Å². The second kappa shape index (κ2) is 6.38. The van der Waals surface area contributed by atoms with E-state index in [-0.39, 0.29) is 18.3 Å². The van der Waals surface area contributed by atoms with Crippen molar-refractivity contribution in [1.82, 2.24) is 9.46 Å². The number of benzene rings is 1. The second-order valence-electron chi connectivity index (χ2n) is 5.62. The van der Waals surface area contributed by atoms with Crippen molar-refractivity contribution in [3.63, 3.8) is 0 Å². The van der Waals surface area contributed by atoms with E-state index in [2.05, 4.69) is 9.68 Å². The van der Waals surface area contributed by atoms with E-state index in [0.29, 0.717) is 11.3 Å². The lowest BCUT2D eigenvalue weighted by molar-refractivity contribution is 0.145. The van der Waals surface area contributed by atoms with Gasteiger partial charge in [-0.05, 0) is 30.5 Å². The van der Waals surface area contributed by atoms with Crippen molar-refractivity contribution in [2.75, 3.05) is 6.54 Å². The Bertz CT molecular complexity index is 742. The Morgan fingerprint density at radius 1 is 1.30 bits per heavy atom. The van der Waals surface area contributed by atoms with Crippen molar-refractivity contribution in [2.45, 2.75) is 30.7 Å². The third-order valence-electron chi connectivity index (χ3n) is 3.74. The van der Waals surface area contributed by atoms with Crippen LogP contribution in [0, 0.1) is 5.82 Å². The number of aliphatic hydroxyl groups excluding tert-OH is 1. The molecule has 1 N–H and O–H groups in total. The fraction of sp³-hybridized carbons (Fsp3) is 0.400. The summed E-state index contributed by atoms with van der Waals surface area (Å²) >= 11 is 0. The predicted molar refractivity (Wildman–Crippen MR) is 80.2 cm³/mol. The largest absolute Gasteiger partial charge is 0.387 e. The van der Waals surface area contributed by atoms with Crippen molar-refractivity contribution in [3.8, 4) is 0 Å². The maximum absolute atomic E-state index is 12.9. The zero-order valence-electron chi connectivity index (χ0n) is 12.3. The summed E-state index contributed by atoms with van der Waals surface area (Å²) in [5.41, 5.74) is 0.806. The number of hydrogen-bond donors (Lipinski definition) is 1. The van der Waals surface area contributed by atoms with Gasteiger partial charge in [0.05, 0.1) is 11.8 Å². The first kappa shape index (κ1) is 16.1. The Morgan fingerprint density at radius 3 is 2.57 bits per heavy atom. The second-order valence-corrected chi connectivity index (χ2v) is 7.54. The molecule has 0 radical (unpaired) electrons. The number of aliphatic hydroxyl groups is 1. The smallest absolute Gasteiger partial charge is 0.220 e. The third kappa shape index (κ3) is 3.95. The fourth-order valence-electron chi connectivity index (χ4n) is 2.39. The molecule has 8 heteroatoms. The fourth-order valence-corrected chi connectivity index (χ4v) is 4.12. The molecular formula is C15H17FN2O4S. The number of nitrogens with zero attached hydrogens (tertiary/aromatic N) is 2. The van der Waals surface area contributed by atoms with E-state index >= 15 is 0 Å². The zero-order valence-corrected chi connectivity index (χ0v) is 13.1. The molecule has 0 unspecified atom stereocenters. The van der Waals surface area contributed by atoms with Crippen LogP contribution in [0.1, 0.15) is 30.2 Å². The number of aromatic nitrogens is 1. The van der Waals surface area contributed by atoms with Gasteiger partial charge < -0.3 is 9.63 Å². The van der Waals surface area contributed by atoms with Crippen molar-refractivity contribution >= 4 is 10.0 Å². The van der Waals surface area contributed by atoms with Crippen LogP contribution in [0.3, 0.4) is 0 Å². The predicted octanol–water partition coefficient (Wildman–Crippen LogP) is 1.84. The normalized spacial score (nSPS) is 16.7. The molecule has 1 saturated carbocycles. The Kier molecular flexibility index (Phi) is 4.47. The average Bonchev–Trinajstić information content (AvgIpc) is 3.22. The monoisotopic (exact) mass is 340 g/mol.